The van der Waals surface area contributed by atoms with Crippen LogP contribution in [-0.2, 0) is 16.4 Å². The lowest BCUT2D eigenvalue weighted by atomic mass is 10.0. The van der Waals surface area contributed by atoms with Crippen LogP contribution in [0.5, 0.6) is 11.5 Å². The van der Waals surface area contributed by atoms with E-state index in [0.29, 0.717) is 12.1 Å². The molecule has 1 aliphatic rings. The number of hydrogen-bond donors (Lipinski definition) is 1. The number of nitrogens with zero attached hydrogens (tertiary/aromatic N) is 3. The molecular formula is C21H19BrN4O4. The van der Waals surface area contributed by atoms with Gasteiger partial charge in [0.05, 0.1) is 30.9 Å². The molecule has 4 rings (SSSR count). The molecule has 2 aromatic carbocycles. The molecule has 1 aromatic heterocycles. The SMILES string of the molecule is COc1ccc(C2=NOC(C(=O)Nc3cnn(COc4ccc(Br)cc4)c3)C2)cc1. The molecule has 1 amide bonds. The summed E-state index contributed by atoms with van der Waals surface area (Å²) < 4.78 is 13.4. The van der Waals surface area contributed by atoms with Gasteiger partial charge in [0.1, 0.15) is 11.5 Å². The molecule has 30 heavy (non-hydrogen) atoms. The summed E-state index contributed by atoms with van der Waals surface area (Å²) in [6, 6.07) is 15.0. The molecule has 1 aliphatic heterocycles. The van der Waals surface area contributed by atoms with E-state index in [0.717, 1.165) is 27.2 Å². The standard InChI is InChI=1S/C21H19BrN4O4/c1-28-17-6-2-14(3-7-17)19-10-20(30-25-19)21(27)24-16-11-23-26(12-16)13-29-18-8-4-15(22)5-9-18/h2-9,11-12,20H,10,13H2,1H3,(H,24,27). The first-order chi connectivity index (χ1) is 14.6. The molecule has 0 spiro atoms. The molecule has 1 N–H and O–H groups in total. The molecular weight excluding hydrogens is 452 g/mol. The summed E-state index contributed by atoms with van der Waals surface area (Å²) in [4.78, 5) is 17.8. The van der Waals surface area contributed by atoms with Crippen molar-refractivity contribution >= 4 is 33.2 Å². The summed E-state index contributed by atoms with van der Waals surface area (Å²) in [6.45, 7) is 0.224. The van der Waals surface area contributed by atoms with Crippen LogP contribution >= 0.6 is 15.9 Å². The van der Waals surface area contributed by atoms with Crippen LogP contribution in [0.1, 0.15) is 12.0 Å². The van der Waals surface area contributed by atoms with Crippen molar-refractivity contribution in [3.63, 3.8) is 0 Å². The number of nitrogens with one attached hydrogen (secondary N) is 1. The summed E-state index contributed by atoms with van der Waals surface area (Å²) >= 11 is 3.38. The van der Waals surface area contributed by atoms with Crippen molar-refractivity contribution in [2.24, 2.45) is 5.16 Å². The third kappa shape index (κ3) is 4.80. The molecule has 1 unspecified atom stereocenters. The second-order valence-corrected chi connectivity index (χ2v) is 7.47. The van der Waals surface area contributed by atoms with E-state index in [-0.39, 0.29) is 12.6 Å². The van der Waals surface area contributed by atoms with E-state index < -0.39 is 6.10 Å². The highest BCUT2D eigenvalue weighted by molar-refractivity contribution is 9.10. The monoisotopic (exact) mass is 470 g/mol. The van der Waals surface area contributed by atoms with E-state index in [1.807, 2.05) is 48.5 Å². The lowest BCUT2D eigenvalue weighted by Gasteiger charge is -2.08. The summed E-state index contributed by atoms with van der Waals surface area (Å²) in [7, 11) is 1.61. The molecule has 2 heterocycles. The Morgan fingerprint density at radius 1 is 1.20 bits per heavy atom. The molecule has 0 aliphatic carbocycles. The molecule has 8 nitrogen and oxygen atoms in total. The van der Waals surface area contributed by atoms with Crippen LogP contribution in [0.3, 0.4) is 0 Å². The van der Waals surface area contributed by atoms with E-state index >= 15 is 0 Å². The molecule has 0 bridgehead atoms. The minimum atomic E-state index is -0.690. The van der Waals surface area contributed by atoms with Gasteiger partial charge in [-0.2, -0.15) is 5.10 Å². The summed E-state index contributed by atoms with van der Waals surface area (Å²) in [5.74, 6) is 1.20. The fourth-order valence-electron chi connectivity index (χ4n) is 2.86. The van der Waals surface area contributed by atoms with Crippen molar-refractivity contribution < 1.29 is 19.1 Å². The van der Waals surface area contributed by atoms with Crippen molar-refractivity contribution in [1.29, 1.82) is 0 Å². The number of aromatic nitrogens is 2. The first-order valence-corrected chi connectivity index (χ1v) is 9.99. The smallest absolute Gasteiger partial charge is 0.268 e. The van der Waals surface area contributed by atoms with Crippen LogP contribution in [-0.4, -0.2) is 34.6 Å². The summed E-state index contributed by atoms with van der Waals surface area (Å²) in [5, 5.41) is 11.0. The van der Waals surface area contributed by atoms with Gasteiger partial charge < -0.3 is 19.6 Å². The van der Waals surface area contributed by atoms with Gasteiger partial charge in [-0.3, -0.25) is 4.79 Å². The van der Waals surface area contributed by atoms with E-state index in [1.54, 1.807) is 24.2 Å². The molecule has 0 saturated carbocycles. The summed E-state index contributed by atoms with van der Waals surface area (Å²) in [5.41, 5.74) is 2.17. The van der Waals surface area contributed by atoms with Gasteiger partial charge in [0, 0.05) is 10.9 Å². The number of anilines is 1. The molecule has 9 heteroatoms. The topological polar surface area (TPSA) is 87.0 Å². The van der Waals surface area contributed by atoms with Crippen molar-refractivity contribution in [3.8, 4) is 11.5 Å². The number of benzene rings is 2. The predicted molar refractivity (Wildman–Crippen MR) is 115 cm³/mol. The number of methoxy groups -OCH3 is 1. The van der Waals surface area contributed by atoms with Gasteiger partial charge in [0.15, 0.2) is 6.73 Å². The lowest BCUT2D eigenvalue weighted by molar-refractivity contribution is -0.125. The molecule has 0 radical (unpaired) electrons. The Kier molecular flexibility index (Phi) is 5.99. The van der Waals surface area contributed by atoms with Gasteiger partial charge in [-0.1, -0.05) is 21.1 Å². The maximum absolute atomic E-state index is 12.5. The number of oxime groups is 1. The van der Waals surface area contributed by atoms with Crippen LogP contribution < -0.4 is 14.8 Å². The first-order valence-electron chi connectivity index (χ1n) is 9.19. The first kappa shape index (κ1) is 20.0. The van der Waals surface area contributed by atoms with E-state index in [1.165, 1.54) is 0 Å². The van der Waals surface area contributed by atoms with E-state index in [9.17, 15) is 4.79 Å². The number of hydrogen-bond acceptors (Lipinski definition) is 6. The minimum Gasteiger partial charge on any atom is -0.497 e. The van der Waals surface area contributed by atoms with Gasteiger partial charge in [-0.05, 0) is 54.1 Å². The zero-order valence-corrected chi connectivity index (χ0v) is 17.7. The van der Waals surface area contributed by atoms with Gasteiger partial charge in [0.25, 0.3) is 5.91 Å². The van der Waals surface area contributed by atoms with E-state index in [2.05, 4.69) is 31.5 Å². The molecule has 0 fully saturated rings. The highest BCUT2D eigenvalue weighted by Crippen LogP contribution is 2.21. The van der Waals surface area contributed by atoms with Gasteiger partial charge in [-0.25, -0.2) is 4.68 Å². The summed E-state index contributed by atoms with van der Waals surface area (Å²) in [6.07, 6.45) is 2.95. The maximum Gasteiger partial charge on any atom is 0.268 e. The third-order valence-electron chi connectivity index (χ3n) is 4.46. The van der Waals surface area contributed by atoms with Crippen LogP contribution in [0.4, 0.5) is 5.69 Å². The average Bonchev–Trinajstić information content (AvgIpc) is 3.43. The van der Waals surface area contributed by atoms with Crippen LogP contribution in [0.15, 0.2) is 70.6 Å². The van der Waals surface area contributed by atoms with E-state index in [4.69, 9.17) is 14.3 Å². The molecule has 154 valence electrons. The quantitative estimate of drug-likeness (QED) is 0.566. The Bertz CT molecular complexity index is 1050. The Morgan fingerprint density at radius 3 is 2.67 bits per heavy atom. The fraction of sp³-hybridized carbons (Fsp3) is 0.190. The fourth-order valence-corrected chi connectivity index (χ4v) is 3.13. The van der Waals surface area contributed by atoms with Gasteiger partial charge >= 0.3 is 0 Å². The third-order valence-corrected chi connectivity index (χ3v) is 4.99. The highest BCUT2D eigenvalue weighted by Gasteiger charge is 2.29. The van der Waals surface area contributed by atoms with Crippen molar-refractivity contribution in [2.45, 2.75) is 19.3 Å². The zero-order valence-electron chi connectivity index (χ0n) is 16.1. The Hall–Kier alpha value is -3.33. The van der Waals surface area contributed by atoms with Crippen LogP contribution in [0.2, 0.25) is 0 Å². The van der Waals surface area contributed by atoms with Crippen LogP contribution in [0.25, 0.3) is 0 Å². The predicted octanol–water partition coefficient (Wildman–Crippen LogP) is 3.82. The number of rotatable bonds is 7. The number of carbonyl (C=O) groups is 1. The average molecular weight is 471 g/mol. The normalized spacial score (nSPS) is 15.3. The molecule has 0 saturated heterocycles. The lowest BCUT2D eigenvalue weighted by Crippen LogP contribution is -2.27. The number of ether oxygens (including phenoxy) is 2. The number of amides is 1. The minimum absolute atomic E-state index is 0.224. The van der Waals surface area contributed by atoms with Gasteiger partial charge in [-0.15, -0.1) is 0 Å². The van der Waals surface area contributed by atoms with Crippen molar-refractivity contribution in [2.75, 3.05) is 12.4 Å². The Morgan fingerprint density at radius 2 is 1.93 bits per heavy atom. The molecule has 3 aromatic rings. The highest BCUT2D eigenvalue weighted by atomic mass is 79.9. The zero-order chi connectivity index (χ0) is 20.9. The Balaban J connectivity index is 1.28. The van der Waals surface area contributed by atoms with Crippen molar-refractivity contribution in [3.05, 3.63) is 71.0 Å². The molecule has 1 atom stereocenters. The largest absolute Gasteiger partial charge is 0.497 e. The number of carbonyl (C=O) groups excluding carboxylic acids is 1. The van der Waals surface area contributed by atoms with Crippen molar-refractivity contribution in [1.82, 2.24) is 9.78 Å². The Labute approximate surface area is 181 Å². The second-order valence-electron chi connectivity index (χ2n) is 6.55. The maximum atomic E-state index is 12.5. The van der Waals surface area contributed by atoms with Gasteiger partial charge in [0.2, 0.25) is 6.10 Å². The number of halogens is 1. The van der Waals surface area contributed by atoms with Crippen LogP contribution in [0, 0.1) is 0 Å². The second kappa shape index (κ2) is 9.00.